The van der Waals surface area contributed by atoms with Crippen molar-refractivity contribution in [3.63, 3.8) is 0 Å². The van der Waals surface area contributed by atoms with Gasteiger partial charge < -0.3 is 20.5 Å². The number of ether oxygens (including phenoxy) is 1. The van der Waals surface area contributed by atoms with Crippen LogP contribution >= 0.6 is 0 Å². The minimum absolute atomic E-state index is 0.320. The van der Waals surface area contributed by atoms with Crippen molar-refractivity contribution < 1.29 is 19.4 Å². The number of hydrogen-bond donors (Lipinski definition) is 3. The molecule has 1 aromatic carbocycles. The fraction of sp³-hybridized carbons (Fsp3) is 0.636. The number of unbranched alkanes of at least 4 members (excludes halogenated alkanes) is 4. The predicted octanol–water partition coefficient (Wildman–Crippen LogP) is 3.77. The lowest BCUT2D eigenvalue weighted by Crippen LogP contribution is -2.40. The second-order valence-electron chi connectivity index (χ2n) is 7.11. The summed E-state index contributed by atoms with van der Waals surface area (Å²) >= 11 is 0. The quantitative estimate of drug-likeness (QED) is 0.311. The Kier molecular flexibility index (Phi) is 12.2. The van der Waals surface area contributed by atoms with E-state index in [2.05, 4.69) is 24.5 Å². The van der Waals surface area contributed by atoms with Crippen LogP contribution in [0.5, 0.6) is 0 Å². The third kappa shape index (κ3) is 8.40. The van der Waals surface area contributed by atoms with Gasteiger partial charge in [0.15, 0.2) is 0 Å². The lowest BCUT2D eigenvalue weighted by Gasteiger charge is -2.26. The molecule has 0 aromatic heterocycles. The number of benzene rings is 1. The van der Waals surface area contributed by atoms with E-state index in [1.54, 1.807) is 12.1 Å². The molecule has 6 nitrogen and oxygen atoms in total. The maximum Gasteiger partial charge on any atom is 0.337 e. The van der Waals surface area contributed by atoms with E-state index >= 15 is 0 Å². The van der Waals surface area contributed by atoms with Crippen LogP contribution in [0.4, 0.5) is 0 Å². The zero-order valence-corrected chi connectivity index (χ0v) is 17.5. The van der Waals surface area contributed by atoms with Gasteiger partial charge in [0.2, 0.25) is 0 Å². The second-order valence-corrected chi connectivity index (χ2v) is 7.11. The monoisotopic (exact) mass is 392 g/mol. The van der Waals surface area contributed by atoms with Crippen molar-refractivity contribution >= 4 is 11.9 Å². The largest absolute Gasteiger partial charge is 0.481 e. The van der Waals surface area contributed by atoms with Crippen molar-refractivity contribution in [2.75, 3.05) is 26.7 Å². The van der Waals surface area contributed by atoms with Gasteiger partial charge in [-0.15, -0.1) is 0 Å². The fourth-order valence-corrected chi connectivity index (χ4v) is 3.17. The molecule has 1 rings (SSSR count). The standard InChI is InChI=1S/C22H36N2O4/c1-4-6-8-14-23-16-19(21(25)26)20(24-15-9-7-5-2)17-10-12-18(13-11-17)22(27)28-3/h10-13,19-20,23-24H,4-9,14-16H2,1-3H3,(H,25,26). The highest BCUT2D eigenvalue weighted by atomic mass is 16.5. The summed E-state index contributed by atoms with van der Waals surface area (Å²) in [4.78, 5) is 23.7. The normalized spacial score (nSPS) is 13.1. The van der Waals surface area contributed by atoms with Crippen molar-refractivity contribution in [3.8, 4) is 0 Å². The number of aliphatic carboxylic acids is 1. The van der Waals surface area contributed by atoms with Gasteiger partial charge in [0.1, 0.15) is 0 Å². The summed E-state index contributed by atoms with van der Waals surface area (Å²) in [6.07, 6.45) is 6.54. The topological polar surface area (TPSA) is 87.7 Å². The fourth-order valence-electron chi connectivity index (χ4n) is 3.17. The predicted molar refractivity (Wildman–Crippen MR) is 112 cm³/mol. The lowest BCUT2D eigenvalue weighted by atomic mass is 9.91. The van der Waals surface area contributed by atoms with Crippen LogP contribution in [0.2, 0.25) is 0 Å². The molecule has 1 aromatic rings. The minimum Gasteiger partial charge on any atom is -0.481 e. The molecule has 158 valence electrons. The number of rotatable bonds is 15. The van der Waals surface area contributed by atoms with Gasteiger partial charge in [0, 0.05) is 12.6 Å². The van der Waals surface area contributed by atoms with Crippen LogP contribution in [0.1, 0.15) is 74.3 Å². The van der Waals surface area contributed by atoms with Gasteiger partial charge in [-0.2, -0.15) is 0 Å². The number of carboxylic acid groups (broad SMARTS) is 1. The Labute approximate surface area is 169 Å². The van der Waals surface area contributed by atoms with E-state index in [0.29, 0.717) is 12.1 Å². The molecule has 0 saturated heterocycles. The molecule has 0 heterocycles. The van der Waals surface area contributed by atoms with Crippen LogP contribution in [-0.4, -0.2) is 43.8 Å². The molecule has 2 unspecified atom stereocenters. The minimum atomic E-state index is -0.826. The molecule has 0 aliphatic rings. The summed E-state index contributed by atoms with van der Waals surface area (Å²) in [6, 6.07) is 6.69. The molecule has 2 atom stereocenters. The summed E-state index contributed by atoms with van der Waals surface area (Å²) in [5, 5.41) is 16.6. The second kappa shape index (κ2) is 14.1. The van der Waals surface area contributed by atoms with E-state index in [9.17, 15) is 14.7 Å². The Morgan fingerprint density at radius 2 is 1.61 bits per heavy atom. The highest BCUT2D eigenvalue weighted by Gasteiger charge is 2.29. The van der Waals surface area contributed by atoms with Crippen LogP contribution in [0.15, 0.2) is 24.3 Å². The highest BCUT2D eigenvalue weighted by Crippen LogP contribution is 2.23. The van der Waals surface area contributed by atoms with E-state index in [1.165, 1.54) is 7.11 Å². The SMILES string of the molecule is CCCCCNCC(C(=O)O)C(NCCCCC)c1ccc(C(=O)OC)cc1. The maximum atomic E-state index is 12.0. The average Bonchev–Trinajstić information content (AvgIpc) is 2.71. The summed E-state index contributed by atoms with van der Waals surface area (Å²) in [7, 11) is 1.35. The number of carbonyl (C=O) groups is 2. The van der Waals surface area contributed by atoms with Gasteiger partial charge >= 0.3 is 11.9 Å². The van der Waals surface area contributed by atoms with Gasteiger partial charge in [0.25, 0.3) is 0 Å². The van der Waals surface area contributed by atoms with E-state index < -0.39 is 17.9 Å². The lowest BCUT2D eigenvalue weighted by molar-refractivity contribution is -0.142. The third-order valence-electron chi connectivity index (χ3n) is 4.88. The van der Waals surface area contributed by atoms with Gasteiger partial charge in [-0.25, -0.2) is 4.79 Å². The zero-order valence-electron chi connectivity index (χ0n) is 17.5. The summed E-state index contributed by atoms with van der Waals surface area (Å²) in [5.41, 5.74) is 1.33. The highest BCUT2D eigenvalue weighted by molar-refractivity contribution is 5.89. The van der Waals surface area contributed by atoms with E-state index in [4.69, 9.17) is 4.74 Å². The van der Waals surface area contributed by atoms with Crippen molar-refractivity contribution in [2.45, 2.75) is 58.4 Å². The molecule has 3 N–H and O–H groups in total. The first-order chi connectivity index (χ1) is 13.5. The molecule has 0 aliphatic heterocycles. The molecule has 0 fully saturated rings. The Hall–Kier alpha value is -1.92. The van der Waals surface area contributed by atoms with Gasteiger partial charge in [-0.1, -0.05) is 51.7 Å². The van der Waals surface area contributed by atoms with Crippen molar-refractivity contribution in [2.24, 2.45) is 5.92 Å². The van der Waals surface area contributed by atoms with Crippen LogP contribution < -0.4 is 10.6 Å². The Morgan fingerprint density at radius 3 is 2.14 bits per heavy atom. The number of carboxylic acids is 1. The number of hydrogen-bond acceptors (Lipinski definition) is 5. The molecule has 0 saturated carbocycles. The zero-order chi connectivity index (χ0) is 20.8. The van der Waals surface area contributed by atoms with Crippen molar-refractivity contribution in [1.82, 2.24) is 10.6 Å². The molecule has 0 radical (unpaired) electrons. The van der Waals surface area contributed by atoms with Crippen LogP contribution in [0.25, 0.3) is 0 Å². The summed E-state index contributed by atoms with van der Waals surface area (Å²) < 4.78 is 4.74. The molecule has 0 spiro atoms. The first-order valence-corrected chi connectivity index (χ1v) is 10.4. The van der Waals surface area contributed by atoms with Gasteiger partial charge in [-0.3, -0.25) is 4.79 Å². The number of carbonyl (C=O) groups excluding carboxylic acids is 1. The summed E-state index contributed by atoms with van der Waals surface area (Å²) in [5.74, 6) is -1.81. The van der Waals surface area contributed by atoms with E-state index in [0.717, 1.165) is 57.2 Å². The molecule has 28 heavy (non-hydrogen) atoms. The first kappa shape index (κ1) is 24.1. The molecule has 6 heteroatoms. The Balaban J connectivity index is 2.90. The third-order valence-corrected chi connectivity index (χ3v) is 4.88. The molecular weight excluding hydrogens is 356 g/mol. The number of nitrogens with one attached hydrogen (secondary N) is 2. The average molecular weight is 393 g/mol. The van der Waals surface area contributed by atoms with Gasteiger partial charge in [0.05, 0.1) is 18.6 Å². The van der Waals surface area contributed by atoms with Crippen molar-refractivity contribution in [1.29, 1.82) is 0 Å². The molecular formula is C22H36N2O4. The summed E-state index contributed by atoms with van der Waals surface area (Å²) in [6.45, 7) is 6.28. The van der Waals surface area contributed by atoms with Crippen LogP contribution in [-0.2, 0) is 9.53 Å². The maximum absolute atomic E-state index is 12.0. The van der Waals surface area contributed by atoms with Crippen molar-refractivity contribution in [3.05, 3.63) is 35.4 Å². The molecule has 0 aliphatic carbocycles. The van der Waals surface area contributed by atoms with Crippen LogP contribution in [0, 0.1) is 5.92 Å². The smallest absolute Gasteiger partial charge is 0.337 e. The van der Waals surface area contributed by atoms with E-state index in [1.807, 2.05) is 12.1 Å². The Morgan fingerprint density at radius 1 is 1.00 bits per heavy atom. The van der Waals surface area contributed by atoms with Gasteiger partial charge in [-0.05, 0) is 43.6 Å². The van der Waals surface area contributed by atoms with Crippen LogP contribution in [0.3, 0.4) is 0 Å². The first-order valence-electron chi connectivity index (χ1n) is 10.4. The number of esters is 1. The molecule has 0 amide bonds. The van der Waals surface area contributed by atoms with E-state index in [-0.39, 0.29) is 6.04 Å². The Bertz CT molecular complexity index is 574. The molecule has 0 bridgehead atoms. The number of methoxy groups -OCH3 is 1.